The number of benzene rings is 2. The Morgan fingerprint density at radius 1 is 1.09 bits per heavy atom. The molecule has 8 nitrogen and oxygen atoms in total. The summed E-state index contributed by atoms with van der Waals surface area (Å²) in [7, 11) is 1.35. The number of methoxy groups -OCH3 is 1. The number of carbonyl (C=O) groups excluding carboxylic acids is 2. The van der Waals surface area contributed by atoms with Crippen LogP contribution in [-0.4, -0.2) is 74.9 Å². The van der Waals surface area contributed by atoms with E-state index in [1.54, 1.807) is 11.8 Å². The first-order chi connectivity index (χ1) is 21.7. The fourth-order valence-electron chi connectivity index (χ4n) is 6.21. The second-order valence-electron chi connectivity index (χ2n) is 12.7. The number of nitrogens with one attached hydrogen (secondary N) is 1. The quantitative estimate of drug-likeness (QED) is 0.202. The number of aryl methyl sites for hydroxylation is 1. The molecule has 45 heavy (non-hydrogen) atoms. The van der Waals surface area contributed by atoms with Gasteiger partial charge in [0, 0.05) is 5.56 Å². The average molecular weight is 642 g/mol. The second kappa shape index (κ2) is 17.5. The molecule has 1 N–H and O–H groups in total. The molecule has 0 bridgehead atoms. The predicted molar refractivity (Wildman–Crippen MR) is 178 cm³/mol. The zero-order valence-electron chi connectivity index (χ0n) is 27.6. The summed E-state index contributed by atoms with van der Waals surface area (Å²) in [6, 6.07) is 13.1. The van der Waals surface area contributed by atoms with Gasteiger partial charge in [-0.1, -0.05) is 62.4 Å². The molecule has 2 fully saturated rings. The molecule has 4 rings (SSSR count). The van der Waals surface area contributed by atoms with Crippen LogP contribution in [0.3, 0.4) is 0 Å². The highest BCUT2D eigenvalue weighted by atomic mass is 32.2. The van der Waals surface area contributed by atoms with Crippen LogP contribution in [0.5, 0.6) is 0 Å². The van der Waals surface area contributed by atoms with E-state index in [1.165, 1.54) is 39.2 Å². The number of hydrogen-bond acceptors (Lipinski definition) is 8. The number of hydrogen-bond donors (Lipinski definition) is 1. The molecule has 1 saturated carbocycles. The van der Waals surface area contributed by atoms with Crippen LogP contribution >= 0.6 is 11.8 Å². The van der Waals surface area contributed by atoms with Crippen molar-refractivity contribution in [3.05, 3.63) is 59.2 Å². The van der Waals surface area contributed by atoms with E-state index in [4.69, 9.17) is 23.7 Å². The lowest BCUT2D eigenvalue weighted by atomic mass is 9.85. The van der Waals surface area contributed by atoms with E-state index in [9.17, 15) is 9.59 Å². The maximum atomic E-state index is 13.6. The molecular weight excluding hydrogens is 590 g/mol. The average Bonchev–Trinajstić information content (AvgIpc) is 3.39. The lowest BCUT2D eigenvalue weighted by Gasteiger charge is -2.27. The van der Waals surface area contributed by atoms with E-state index < -0.39 is 17.8 Å². The summed E-state index contributed by atoms with van der Waals surface area (Å²) in [5.41, 5.74) is 4.31. The third kappa shape index (κ3) is 10.8. The van der Waals surface area contributed by atoms with Gasteiger partial charge in [0.15, 0.2) is 5.79 Å². The Labute approximate surface area is 273 Å². The normalized spacial score (nSPS) is 19.6. The molecule has 3 atom stereocenters. The van der Waals surface area contributed by atoms with Crippen molar-refractivity contribution in [3.63, 3.8) is 0 Å². The van der Waals surface area contributed by atoms with Gasteiger partial charge in [-0.2, -0.15) is 11.8 Å². The van der Waals surface area contributed by atoms with E-state index in [0.717, 1.165) is 34.4 Å². The number of thioether (sulfide) groups is 1. The molecule has 1 aliphatic carbocycles. The monoisotopic (exact) mass is 641 g/mol. The van der Waals surface area contributed by atoms with Gasteiger partial charge in [0.25, 0.3) is 5.91 Å². The minimum Gasteiger partial charge on any atom is -0.467 e. The Balaban J connectivity index is 1.49. The number of rotatable bonds is 16. The molecule has 2 unspecified atom stereocenters. The summed E-state index contributed by atoms with van der Waals surface area (Å²) in [5.74, 6) is 0.0499. The third-order valence-electron chi connectivity index (χ3n) is 8.65. The van der Waals surface area contributed by atoms with Crippen LogP contribution in [0.25, 0.3) is 11.1 Å². The standard InChI is InChI=1S/C36H51NO7S/c1-25-11-9-10-14-30(25)32-20-27(15-16-31(32)34(38)37-33(17-18-45-5)35(39)40-4)21-42-28(19-26-12-7-6-8-13-26)22-41-23-29-24-43-36(2,3)44-29/h9-11,14-16,20,26,28-29,33H,6-8,12-13,17-19,21-24H2,1-5H3,(H,37,38)/t28-,29?,33?/m0/s1. The van der Waals surface area contributed by atoms with Crippen molar-refractivity contribution in [1.29, 1.82) is 0 Å². The lowest BCUT2D eigenvalue weighted by Crippen LogP contribution is -2.42. The number of amides is 1. The molecule has 0 spiro atoms. The summed E-state index contributed by atoms with van der Waals surface area (Å²) < 4.78 is 29.3. The zero-order chi connectivity index (χ0) is 32.2. The molecule has 1 heterocycles. The van der Waals surface area contributed by atoms with Crippen molar-refractivity contribution in [1.82, 2.24) is 5.32 Å². The van der Waals surface area contributed by atoms with Gasteiger partial charge in [-0.3, -0.25) is 4.79 Å². The first kappa shape index (κ1) is 35.4. The van der Waals surface area contributed by atoms with Crippen LogP contribution in [0.15, 0.2) is 42.5 Å². The molecule has 2 aromatic rings. The molecular formula is C36H51NO7S. The first-order valence-corrected chi connectivity index (χ1v) is 17.7. The van der Waals surface area contributed by atoms with Crippen LogP contribution in [-0.2, 0) is 35.1 Å². The second-order valence-corrected chi connectivity index (χ2v) is 13.7. The van der Waals surface area contributed by atoms with Crippen molar-refractivity contribution in [3.8, 4) is 11.1 Å². The first-order valence-electron chi connectivity index (χ1n) is 16.3. The van der Waals surface area contributed by atoms with E-state index in [2.05, 4.69) is 5.32 Å². The maximum Gasteiger partial charge on any atom is 0.328 e. The molecule has 2 aliphatic rings. The van der Waals surface area contributed by atoms with Gasteiger partial charge in [-0.25, -0.2) is 4.79 Å². The van der Waals surface area contributed by atoms with Crippen molar-refractivity contribution in [2.45, 2.75) is 96.4 Å². The smallest absolute Gasteiger partial charge is 0.328 e. The van der Waals surface area contributed by atoms with E-state index >= 15 is 0 Å². The summed E-state index contributed by atoms with van der Waals surface area (Å²) in [5, 5.41) is 2.92. The van der Waals surface area contributed by atoms with Crippen LogP contribution in [0, 0.1) is 12.8 Å². The van der Waals surface area contributed by atoms with Gasteiger partial charge in [-0.15, -0.1) is 0 Å². The van der Waals surface area contributed by atoms with Gasteiger partial charge in [-0.05, 0) is 85.9 Å². The molecule has 0 aromatic heterocycles. The fourth-order valence-corrected chi connectivity index (χ4v) is 6.68. The molecule has 1 aliphatic heterocycles. The number of carbonyl (C=O) groups is 2. The summed E-state index contributed by atoms with van der Waals surface area (Å²) in [6.45, 7) is 7.77. The zero-order valence-corrected chi connectivity index (χ0v) is 28.4. The molecule has 248 valence electrons. The van der Waals surface area contributed by atoms with E-state index in [0.29, 0.717) is 44.3 Å². The van der Waals surface area contributed by atoms with Gasteiger partial charge >= 0.3 is 5.97 Å². The van der Waals surface area contributed by atoms with Crippen LogP contribution < -0.4 is 5.32 Å². The van der Waals surface area contributed by atoms with Gasteiger partial charge in [0.2, 0.25) is 0 Å². The molecule has 9 heteroatoms. The van der Waals surface area contributed by atoms with Crippen LogP contribution in [0.2, 0.25) is 0 Å². The van der Waals surface area contributed by atoms with Gasteiger partial charge < -0.3 is 29.0 Å². The summed E-state index contributed by atoms with van der Waals surface area (Å²) >= 11 is 1.62. The third-order valence-corrected chi connectivity index (χ3v) is 9.29. The number of esters is 1. The highest BCUT2D eigenvalue weighted by Gasteiger charge is 2.33. The van der Waals surface area contributed by atoms with Crippen molar-refractivity contribution in [2.24, 2.45) is 5.92 Å². The van der Waals surface area contributed by atoms with Crippen LogP contribution in [0.1, 0.15) is 80.3 Å². The highest BCUT2D eigenvalue weighted by molar-refractivity contribution is 7.98. The minimum absolute atomic E-state index is 0.0504. The van der Waals surface area contributed by atoms with Crippen molar-refractivity contribution >= 4 is 23.6 Å². The van der Waals surface area contributed by atoms with Crippen molar-refractivity contribution in [2.75, 3.05) is 38.9 Å². The Bertz CT molecular complexity index is 1250. The Morgan fingerprint density at radius 2 is 1.87 bits per heavy atom. The van der Waals surface area contributed by atoms with Gasteiger partial charge in [0.05, 0.1) is 39.6 Å². The molecule has 1 amide bonds. The molecule has 0 radical (unpaired) electrons. The topological polar surface area (TPSA) is 92.3 Å². The Kier molecular flexibility index (Phi) is 13.8. The Morgan fingerprint density at radius 3 is 2.56 bits per heavy atom. The lowest BCUT2D eigenvalue weighted by molar-refractivity contribution is -0.147. The SMILES string of the molecule is COC(=O)C(CCSC)NC(=O)c1ccc(CO[C@H](COCC2COC(C)(C)O2)CC2CCCCC2)cc1-c1ccccc1C. The predicted octanol–water partition coefficient (Wildman–Crippen LogP) is 6.71. The number of ether oxygens (including phenoxy) is 5. The van der Waals surface area contributed by atoms with Crippen LogP contribution in [0.4, 0.5) is 0 Å². The molecule has 2 aromatic carbocycles. The van der Waals surface area contributed by atoms with Crippen molar-refractivity contribution < 1.29 is 33.3 Å². The highest BCUT2D eigenvalue weighted by Crippen LogP contribution is 2.31. The van der Waals surface area contributed by atoms with E-state index in [1.807, 2.05) is 69.5 Å². The Hall–Kier alpha value is -2.43. The molecule has 1 saturated heterocycles. The van der Waals surface area contributed by atoms with E-state index in [-0.39, 0.29) is 18.1 Å². The van der Waals surface area contributed by atoms with Gasteiger partial charge in [0.1, 0.15) is 12.1 Å². The fraction of sp³-hybridized carbons (Fsp3) is 0.611. The summed E-state index contributed by atoms with van der Waals surface area (Å²) in [4.78, 5) is 26.0. The minimum atomic E-state index is -0.713. The largest absolute Gasteiger partial charge is 0.467 e. The summed E-state index contributed by atoms with van der Waals surface area (Å²) in [6.07, 6.45) is 9.63. The maximum absolute atomic E-state index is 13.6.